The van der Waals surface area contributed by atoms with Gasteiger partial charge in [-0.3, -0.25) is 0 Å². The fourth-order valence-corrected chi connectivity index (χ4v) is 2.26. The minimum atomic E-state index is -4.41. The number of hydrogen-bond donors (Lipinski definition) is 1. The summed E-state index contributed by atoms with van der Waals surface area (Å²) in [6.07, 6.45) is -3.91. The highest BCUT2D eigenvalue weighted by Crippen LogP contribution is 2.36. The molecule has 0 heterocycles. The molecule has 0 aliphatic heterocycles. The standard InChI is InChI=1S/C15H12BrF4N/c16-11-3-6-14(13(9-11)15(18,19)20)21-8-7-10-1-4-12(17)5-2-10/h1-6,9,21H,7-8H2. The predicted octanol–water partition coefficient (Wildman–Crippen LogP) is 5.26. The first kappa shape index (κ1) is 15.8. The Balaban J connectivity index is 2.05. The molecule has 0 amide bonds. The molecule has 0 radical (unpaired) electrons. The van der Waals surface area contributed by atoms with Crippen LogP contribution < -0.4 is 5.32 Å². The average molecular weight is 362 g/mol. The van der Waals surface area contributed by atoms with E-state index in [4.69, 9.17) is 0 Å². The van der Waals surface area contributed by atoms with Gasteiger partial charge in [-0.15, -0.1) is 0 Å². The fraction of sp³-hybridized carbons (Fsp3) is 0.200. The summed E-state index contributed by atoms with van der Waals surface area (Å²) in [5, 5.41) is 2.78. The zero-order valence-electron chi connectivity index (χ0n) is 10.8. The topological polar surface area (TPSA) is 12.0 Å². The second-order valence-corrected chi connectivity index (χ2v) is 5.41. The van der Waals surface area contributed by atoms with E-state index in [2.05, 4.69) is 21.2 Å². The molecular formula is C15H12BrF4N. The molecule has 0 fully saturated rings. The molecule has 0 saturated carbocycles. The van der Waals surface area contributed by atoms with Crippen molar-refractivity contribution in [2.45, 2.75) is 12.6 Å². The van der Waals surface area contributed by atoms with Crippen LogP contribution in [0.4, 0.5) is 23.2 Å². The summed E-state index contributed by atoms with van der Waals surface area (Å²) in [6, 6.07) is 9.87. The van der Waals surface area contributed by atoms with Crippen LogP contribution in [0.1, 0.15) is 11.1 Å². The second kappa shape index (κ2) is 6.47. The summed E-state index contributed by atoms with van der Waals surface area (Å²) in [5.74, 6) is -0.334. The number of nitrogens with one attached hydrogen (secondary N) is 1. The van der Waals surface area contributed by atoms with Crippen molar-refractivity contribution in [1.29, 1.82) is 0 Å². The van der Waals surface area contributed by atoms with Crippen LogP contribution in [0, 0.1) is 5.82 Å². The van der Waals surface area contributed by atoms with E-state index in [0.29, 0.717) is 17.4 Å². The van der Waals surface area contributed by atoms with Crippen molar-refractivity contribution in [3.63, 3.8) is 0 Å². The van der Waals surface area contributed by atoms with Gasteiger partial charge in [-0.25, -0.2) is 4.39 Å². The van der Waals surface area contributed by atoms with Crippen LogP contribution in [-0.4, -0.2) is 6.54 Å². The van der Waals surface area contributed by atoms with Gasteiger partial charge in [0.15, 0.2) is 0 Å². The third-order valence-corrected chi connectivity index (χ3v) is 3.42. The van der Waals surface area contributed by atoms with Gasteiger partial charge in [0.05, 0.1) is 5.56 Å². The Morgan fingerprint density at radius 3 is 2.29 bits per heavy atom. The molecule has 2 rings (SSSR count). The van der Waals surface area contributed by atoms with Gasteiger partial charge in [-0.2, -0.15) is 13.2 Å². The van der Waals surface area contributed by atoms with Crippen molar-refractivity contribution in [3.8, 4) is 0 Å². The van der Waals surface area contributed by atoms with E-state index in [1.807, 2.05) is 0 Å². The van der Waals surface area contributed by atoms with Crippen LogP contribution in [-0.2, 0) is 12.6 Å². The van der Waals surface area contributed by atoms with Gasteiger partial charge in [0.25, 0.3) is 0 Å². The smallest absolute Gasteiger partial charge is 0.384 e. The zero-order valence-corrected chi connectivity index (χ0v) is 12.4. The summed E-state index contributed by atoms with van der Waals surface area (Å²) in [4.78, 5) is 0. The van der Waals surface area contributed by atoms with E-state index in [1.54, 1.807) is 18.2 Å². The maximum atomic E-state index is 12.9. The summed E-state index contributed by atoms with van der Waals surface area (Å²) >= 11 is 3.04. The SMILES string of the molecule is Fc1ccc(CCNc2ccc(Br)cc2C(F)(F)F)cc1. The first-order chi connectivity index (χ1) is 9.86. The molecule has 0 unspecified atom stereocenters. The largest absolute Gasteiger partial charge is 0.418 e. The molecule has 21 heavy (non-hydrogen) atoms. The van der Waals surface area contributed by atoms with Gasteiger partial charge in [-0.05, 0) is 42.3 Å². The summed E-state index contributed by atoms with van der Waals surface area (Å²) in [6.45, 7) is 0.330. The Morgan fingerprint density at radius 1 is 1.00 bits per heavy atom. The first-order valence-corrected chi connectivity index (χ1v) is 7.00. The molecule has 0 saturated heterocycles. The van der Waals surface area contributed by atoms with E-state index < -0.39 is 11.7 Å². The number of rotatable bonds is 4. The predicted molar refractivity (Wildman–Crippen MR) is 77.7 cm³/mol. The minimum absolute atomic E-state index is 0.0350. The maximum Gasteiger partial charge on any atom is 0.418 e. The van der Waals surface area contributed by atoms with E-state index in [0.717, 1.165) is 11.6 Å². The monoisotopic (exact) mass is 361 g/mol. The molecule has 0 atom stereocenters. The molecule has 0 aliphatic carbocycles. The van der Waals surface area contributed by atoms with Crippen LogP contribution in [0.5, 0.6) is 0 Å². The molecule has 6 heteroatoms. The lowest BCUT2D eigenvalue weighted by Gasteiger charge is -2.15. The lowest BCUT2D eigenvalue weighted by Crippen LogP contribution is -2.12. The molecule has 0 aromatic heterocycles. The number of alkyl halides is 3. The Bertz CT molecular complexity index is 608. The van der Waals surface area contributed by atoms with Gasteiger partial charge < -0.3 is 5.32 Å². The molecule has 0 bridgehead atoms. The highest BCUT2D eigenvalue weighted by Gasteiger charge is 2.33. The van der Waals surface area contributed by atoms with E-state index in [-0.39, 0.29) is 11.5 Å². The van der Waals surface area contributed by atoms with Crippen molar-refractivity contribution < 1.29 is 17.6 Å². The molecule has 1 nitrogen and oxygen atoms in total. The van der Waals surface area contributed by atoms with E-state index in [1.165, 1.54) is 18.2 Å². The van der Waals surface area contributed by atoms with Gasteiger partial charge >= 0.3 is 6.18 Å². The van der Waals surface area contributed by atoms with Crippen LogP contribution >= 0.6 is 15.9 Å². The Labute approximate surface area is 128 Å². The summed E-state index contributed by atoms with van der Waals surface area (Å²) < 4.78 is 51.9. The number of halogens is 5. The van der Waals surface area contributed by atoms with Gasteiger partial charge in [0.1, 0.15) is 5.82 Å². The summed E-state index contributed by atoms with van der Waals surface area (Å²) in [7, 11) is 0. The zero-order chi connectivity index (χ0) is 15.5. The number of anilines is 1. The van der Waals surface area contributed by atoms with Crippen LogP contribution in [0.2, 0.25) is 0 Å². The lowest BCUT2D eigenvalue weighted by atomic mass is 10.1. The highest BCUT2D eigenvalue weighted by molar-refractivity contribution is 9.10. The number of hydrogen-bond acceptors (Lipinski definition) is 1. The quantitative estimate of drug-likeness (QED) is 0.732. The van der Waals surface area contributed by atoms with Crippen LogP contribution in [0.15, 0.2) is 46.9 Å². The Morgan fingerprint density at radius 2 is 1.67 bits per heavy atom. The van der Waals surface area contributed by atoms with Gasteiger partial charge in [0.2, 0.25) is 0 Å². The van der Waals surface area contributed by atoms with Crippen LogP contribution in [0.25, 0.3) is 0 Å². The molecule has 0 spiro atoms. The normalized spacial score (nSPS) is 11.5. The first-order valence-electron chi connectivity index (χ1n) is 6.21. The molecule has 2 aromatic rings. The van der Waals surface area contributed by atoms with Crippen molar-refractivity contribution in [1.82, 2.24) is 0 Å². The van der Waals surface area contributed by atoms with Crippen LogP contribution in [0.3, 0.4) is 0 Å². The molecule has 2 aromatic carbocycles. The minimum Gasteiger partial charge on any atom is -0.384 e. The Kier molecular flexibility index (Phi) is 4.88. The molecular weight excluding hydrogens is 350 g/mol. The molecule has 112 valence electrons. The highest BCUT2D eigenvalue weighted by atomic mass is 79.9. The van der Waals surface area contributed by atoms with E-state index in [9.17, 15) is 17.6 Å². The lowest BCUT2D eigenvalue weighted by molar-refractivity contribution is -0.137. The number of benzene rings is 2. The van der Waals surface area contributed by atoms with Crippen molar-refractivity contribution in [2.24, 2.45) is 0 Å². The second-order valence-electron chi connectivity index (χ2n) is 4.49. The Hall–Kier alpha value is -1.56. The third-order valence-electron chi connectivity index (χ3n) is 2.93. The molecule has 1 N–H and O–H groups in total. The summed E-state index contributed by atoms with van der Waals surface area (Å²) in [5.41, 5.74) is 0.179. The van der Waals surface area contributed by atoms with E-state index >= 15 is 0 Å². The van der Waals surface area contributed by atoms with Crippen molar-refractivity contribution >= 4 is 21.6 Å². The van der Waals surface area contributed by atoms with Crippen molar-refractivity contribution in [2.75, 3.05) is 11.9 Å². The third kappa shape index (κ3) is 4.46. The van der Waals surface area contributed by atoms with Crippen molar-refractivity contribution in [3.05, 3.63) is 63.9 Å². The maximum absolute atomic E-state index is 12.9. The fourth-order valence-electron chi connectivity index (χ4n) is 1.90. The average Bonchev–Trinajstić information content (AvgIpc) is 2.41. The van der Waals surface area contributed by atoms with Gasteiger partial charge in [-0.1, -0.05) is 28.1 Å². The molecule has 0 aliphatic rings. The van der Waals surface area contributed by atoms with Gasteiger partial charge in [0, 0.05) is 16.7 Å².